The van der Waals surface area contributed by atoms with Crippen LogP contribution in [0, 0.1) is 0 Å². The van der Waals surface area contributed by atoms with E-state index in [-0.39, 0.29) is 0 Å². The number of halogens is 1. The van der Waals surface area contributed by atoms with E-state index in [2.05, 4.69) is 29.1 Å². The summed E-state index contributed by atoms with van der Waals surface area (Å²) in [6.07, 6.45) is 1.04. The molecule has 0 spiro atoms. The van der Waals surface area contributed by atoms with E-state index in [9.17, 15) is 0 Å². The molecule has 1 N–H and O–H groups in total. The summed E-state index contributed by atoms with van der Waals surface area (Å²) in [4.78, 5) is 0. The van der Waals surface area contributed by atoms with Gasteiger partial charge in [0.2, 0.25) is 0 Å². The Morgan fingerprint density at radius 1 is 1.44 bits per heavy atom. The molecule has 0 fully saturated rings. The zero-order chi connectivity index (χ0) is 11.4. The van der Waals surface area contributed by atoms with Crippen LogP contribution in [0.1, 0.15) is 18.2 Å². The zero-order valence-electron chi connectivity index (χ0n) is 9.07. The summed E-state index contributed by atoms with van der Waals surface area (Å²) in [5.74, 6) is 0.877. The van der Waals surface area contributed by atoms with E-state index in [0.29, 0.717) is 11.3 Å². The van der Waals surface area contributed by atoms with E-state index < -0.39 is 0 Å². The fourth-order valence-corrected chi connectivity index (χ4v) is 2.40. The number of hydrogen-bond donors (Lipinski definition) is 1. The van der Waals surface area contributed by atoms with Crippen LogP contribution in [0.4, 0.5) is 0 Å². The highest BCUT2D eigenvalue weighted by molar-refractivity contribution is 7.07. The first-order chi connectivity index (χ1) is 7.74. The second-order valence-electron chi connectivity index (χ2n) is 3.82. The van der Waals surface area contributed by atoms with E-state index >= 15 is 0 Å². The summed E-state index contributed by atoms with van der Waals surface area (Å²) in [6, 6.07) is 6.25. The molecule has 2 rings (SSSR count). The Morgan fingerprint density at radius 2 is 2.31 bits per heavy atom. The summed E-state index contributed by atoms with van der Waals surface area (Å²) in [6.45, 7) is 2.89. The highest BCUT2D eigenvalue weighted by atomic mass is 35.5. The normalized spacial score (nSPS) is 12.9. The Kier molecular flexibility index (Phi) is 4.04. The van der Waals surface area contributed by atoms with Gasteiger partial charge in [-0.15, -0.1) is 0 Å². The molecule has 1 unspecified atom stereocenters. The molecule has 2 nitrogen and oxygen atoms in total. The number of nitrogens with one attached hydrogen (secondary N) is 1. The molecule has 0 saturated heterocycles. The summed E-state index contributed by atoms with van der Waals surface area (Å²) in [7, 11) is 0. The van der Waals surface area contributed by atoms with E-state index in [1.165, 1.54) is 5.56 Å². The predicted octanol–water partition coefficient (Wildman–Crippen LogP) is 3.72. The minimum atomic E-state index is 0.429. The topological polar surface area (TPSA) is 25.2 Å². The summed E-state index contributed by atoms with van der Waals surface area (Å²) in [5.41, 5.74) is 1.38. The van der Waals surface area contributed by atoms with Crippen LogP contribution in [-0.2, 0) is 13.0 Å². The summed E-state index contributed by atoms with van der Waals surface area (Å²) < 4.78 is 5.27. The number of rotatable bonds is 5. The molecular formula is C12H14ClNOS. The van der Waals surface area contributed by atoms with Gasteiger partial charge in [0, 0.05) is 6.04 Å². The third-order valence-electron chi connectivity index (χ3n) is 2.38. The van der Waals surface area contributed by atoms with Crippen molar-refractivity contribution in [2.24, 2.45) is 0 Å². The van der Waals surface area contributed by atoms with Crippen molar-refractivity contribution < 1.29 is 4.42 Å². The van der Waals surface area contributed by atoms with Gasteiger partial charge in [0.05, 0.1) is 6.54 Å². The van der Waals surface area contributed by atoms with E-state index in [1.807, 2.05) is 6.07 Å². The Hall–Kier alpha value is -0.770. The van der Waals surface area contributed by atoms with Crippen molar-refractivity contribution >= 4 is 22.9 Å². The van der Waals surface area contributed by atoms with Crippen molar-refractivity contribution in [2.45, 2.75) is 25.9 Å². The quantitative estimate of drug-likeness (QED) is 0.881. The van der Waals surface area contributed by atoms with Gasteiger partial charge in [-0.3, -0.25) is 0 Å². The van der Waals surface area contributed by atoms with Crippen LogP contribution in [0.2, 0.25) is 5.22 Å². The van der Waals surface area contributed by atoms with Gasteiger partial charge in [0.15, 0.2) is 5.22 Å². The van der Waals surface area contributed by atoms with Gasteiger partial charge in [-0.2, -0.15) is 11.3 Å². The third-order valence-corrected chi connectivity index (χ3v) is 3.31. The van der Waals surface area contributed by atoms with Gasteiger partial charge >= 0.3 is 0 Å². The lowest BCUT2D eigenvalue weighted by Gasteiger charge is -2.11. The minimum Gasteiger partial charge on any atom is -0.448 e. The largest absolute Gasteiger partial charge is 0.448 e. The van der Waals surface area contributed by atoms with E-state index in [1.54, 1.807) is 17.4 Å². The average molecular weight is 256 g/mol. The van der Waals surface area contributed by atoms with Gasteiger partial charge in [0.25, 0.3) is 0 Å². The number of hydrogen-bond acceptors (Lipinski definition) is 3. The Labute approximate surface area is 104 Å². The van der Waals surface area contributed by atoms with Gasteiger partial charge in [-0.05, 0) is 59.5 Å². The van der Waals surface area contributed by atoms with Crippen molar-refractivity contribution in [3.63, 3.8) is 0 Å². The van der Waals surface area contributed by atoms with E-state index in [0.717, 1.165) is 18.7 Å². The number of furan rings is 1. The fourth-order valence-electron chi connectivity index (χ4n) is 1.56. The molecule has 0 radical (unpaired) electrons. The highest BCUT2D eigenvalue weighted by Crippen LogP contribution is 2.13. The first-order valence-electron chi connectivity index (χ1n) is 5.22. The SMILES string of the molecule is CC(Cc1ccsc1)NCc1ccc(Cl)o1. The first-order valence-corrected chi connectivity index (χ1v) is 6.55. The van der Waals surface area contributed by atoms with Crippen molar-refractivity contribution in [1.82, 2.24) is 5.32 Å². The molecule has 0 bridgehead atoms. The van der Waals surface area contributed by atoms with Crippen LogP contribution in [-0.4, -0.2) is 6.04 Å². The second kappa shape index (κ2) is 5.53. The predicted molar refractivity (Wildman–Crippen MR) is 68.0 cm³/mol. The van der Waals surface area contributed by atoms with Crippen molar-refractivity contribution in [3.05, 3.63) is 45.5 Å². The van der Waals surface area contributed by atoms with Crippen LogP contribution in [0.15, 0.2) is 33.4 Å². The van der Waals surface area contributed by atoms with Crippen LogP contribution in [0.25, 0.3) is 0 Å². The first kappa shape index (κ1) is 11.7. The summed E-state index contributed by atoms with van der Waals surface area (Å²) >= 11 is 7.43. The maximum Gasteiger partial charge on any atom is 0.193 e. The van der Waals surface area contributed by atoms with Crippen molar-refractivity contribution in [1.29, 1.82) is 0 Å². The standard InChI is InChI=1S/C12H14ClNOS/c1-9(6-10-4-5-16-8-10)14-7-11-2-3-12(13)15-11/h2-5,8-9,14H,6-7H2,1H3. The van der Waals surface area contributed by atoms with Gasteiger partial charge < -0.3 is 9.73 Å². The molecule has 2 heterocycles. The van der Waals surface area contributed by atoms with Crippen LogP contribution in [0.3, 0.4) is 0 Å². The molecule has 16 heavy (non-hydrogen) atoms. The van der Waals surface area contributed by atoms with Crippen LogP contribution >= 0.6 is 22.9 Å². The molecule has 0 aromatic carbocycles. The van der Waals surface area contributed by atoms with Crippen LogP contribution in [0.5, 0.6) is 0 Å². The maximum absolute atomic E-state index is 5.70. The molecule has 4 heteroatoms. The molecule has 0 aliphatic rings. The van der Waals surface area contributed by atoms with Gasteiger partial charge in [-0.25, -0.2) is 0 Å². The molecule has 2 aromatic rings. The maximum atomic E-state index is 5.70. The molecular weight excluding hydrogens is 242 g/mol. The molecule has 2 aromatic heterocycles. The Balaban J connectivity index is 1.77. The molecule has 0 saturated carbocycles. The zero-order valence-corrected chi connectivity index (χ0v) is 10.6. The minimum absolute atomic E-state index is 0.429. The molecule has 0 aliphatic carbocycles. The van der Waals surface area contributed by atoms with Gasteiger partial charge in [0.1, 0.15) is 5.76 Å². The smallest absolute Gasteiger partial charge is 0.193 e. The molecule has 1 atom stereocenters. The third kappa shape index (κ3) is 3.37. The van der Waals surface area contributed by atoms with Crippen LogP contribution < -0.4 is 5.32 Å². The summed E-state index contributed by atoms with van der Waals surface area (Å²) in [5, 5.41) is 8.14. The number of thiophene rings is 1. The Bertz CT molecular complexity index is 424. The van der Waals surface area contributed by atoms with E-state index in [4.69, 9.17) is 16.0 Å². The highest BCUT2D eigenvalue weighted by Gasteiger charge is 2.05. The monoisotopic (exact) mass is 255 g/mol. The second-order valence-corrected chi connectivity index (χ2v) is 4.98. The van der Waals surface area contributed by atoms with Gasteiger partial charge in [-0.1, -0.05) is 0 Å². The lowest BCUT2D eigenvalue weighted by Crippen LogP contribution is -2.27. The Morgan fingerprint density at radius 3 is 2.94 bits per heavy atom. The lowest BCUT2D eigenvalue weighted by molar-refractivity contribution is 0.455. The fraction of sp³-hybridized carbons (Fsp3) is 0.333. The average Bonchev–Trinajstić information content (AvgIpc) is 2.87. The molecule has 0 amide bonds. The molecule has 0 aliphatic heterocycles. The lowest BCUT2D eigenvalue weighted by atomic mass is 10.1. The van der Waals surface area contributed by atoms with Crippen molar-refractivity contribution in [2.75, 3.05) is 0 Å². The van der Waals surface area contributed by atoms with Crippen molar-refractivity contribution in [3.8, 4) is 0 Å². The molecule has 86 valence electrons.